The predicted octanol–water partition coefficient (Wildman–Crippen LogP) is 3.36. The Hall–Kier alpha value is -4.18. The molecule has 0 radical (unpaired) electrons. The number of nitrogens with one attached hydrogen (secondary N) is 1. The molecule has 0 aliphatic carbocycles. The fraction of sp³-hybridized carbons (Fsp3) is 0.0909. The third-order valence-corrected chi connectivity index (χ3v) is 5.46. The third-order valence-electron chi connectivity index (χ3n) is 4.59. The van der Waals surface area contributed by atoms with E-state index in [9.17, 15) is 9.59 Å². The zero-order chi connectivity index (χ0) is 22.7. The maximum absolute atomic E-state index is 13.0. The van der Waals surface area contributed by atoms with Crippen molar-refractivity contribution in [1.29, 1.82) is 0 Å². The molecule has 162 valence electrons. The molecule has 2 heterocycles. The van der Waals surface area contributed by atoms with Gasteiger partial charge in [0, 0.05) is 6.07 Å². The number of nitrogens with zero attached hydrogens (tertiary/aromatic N) is 3. The smallest absolute Gasteiger partial charge is 0.295 e. The highest BCUT2D eigenvalue weighted by atomic mass is 32.1. The summed E-state index contributed by atoms with van der Waals surface area (Å²) >= 11 is 1.48. The van der Waals surface area contributed by atoms with Crippen LogP contribution in [0, 0.1) is 0 Å². The van der Waals surface area contributed by atoms with Crippen molar-refractivity contribution in [2.45, 2.75) is 0 Å². The van der Waals surface area contributed by atoms with Crippen LogP contribution in [0.5, 0.6) is 11.5 Å². The molecule has 2 aromatic heterocycles. The van der Waals surface area contributed by atoms with E-state index in [0.717, 1.165) is 10.6 Å². The van der Waals surface area contributed by atoms with Crippen LogP contribution in [0.25, 0.3) is 16.4 Å². The largest absolute Gasteiger partial charge is 0.493 e. The van der Waals surface area contributed by atoms with Crippen LogP contribution < -0.4 is 20.5 Å². The molecular weight excluding hydrogens is 430 g/mol. The van der Waals surface area contributed by atoms with Crippen molar-refractivity contribution in [3.63, 3.8) is 0 Å². The van der Waals surface area contributed by atoms with Gasteiger partial charge in [0.05, 0.1) is 36.0 Å². The van der Waals surface area contributed by atoms with Crippen LogP contribution in [-0.4, -0.2) is 40.8 Å². The molecule has 3 N–H and O–H groups in total. The quantitative estimate of drug-likeness (QED) is 0.446. The van der Waals surface area contributed by atoms with Crippen molar-refractivity contribution in [2.75, 3.05) is 19.5 Å². The number of hydrogen-bond acceptors (Lipinski definition) is 7. The number of nitrogens with two attached hydrogens (primary N) is 1. The van der Waals surface area contributed by atoms with Gasteiger partial charge in [-0.1, -0.05) is 24.3 Å². The minimum absolute atomic E-state index is 0.0666. The summed E-state index contributed by atoms with van der Waals surface area (Å²) in [5.41, 5.74) is 6.48. The highest BCUT2D eigenvalue weighted by Crippen LogP contribution is 2.33. The van der Waals surface area contributed by atoms with Crippen molar-refractivity contribution in [3.8, 4) is 27.9 Å². The van der Waals surface area contributed by atoms with Gasteiger partial charge in [0.1, 0.15) is 0 Å². The van der Waals surface area contributed by atoms with E-state index in [2.05, 4.69) is 15.4 Å². The topological polar surface area (TPSA) is 121 Å². The molecule has 0 saturated heterocycles. The second-order valence-corrected chi connectivity index (χ2v) is 7.50. The van der Waals surface area contributed by atoms with E-state index in [0.29, 0.717) is 17.3 Å². The molecule has 0 unspecified atom stereocenters. The molecule has 32 heavy (non-hydrogen) atoms. The monoisotopic (exact) mass is 449 g/mol. The summed E-state index contributed by atoms with van der Waals surface area (Å²) in [5.74, 6) is -0.239. The van der Waals surface area contributed by atoms with Crippen LogP contribution in [-0.2, 0) is 0 Å². The lowest BCUT2D eigenvalue weighted by atomic mass is 10.1. The summed E-state index contributed by atoms with van der Waals surface area (Å²) in [5, 5.41) is 8.99. The van der Waals surface area contributed by atoms with Gasteiger partial charge in [-0.2, -0.15) is 0 Å². The zero-order valence-electron chi connectivity index (χ0n) is 17.2. The van der Waals surface area contributed by atoms with E-state index in [1.165, 1.54) is 37.7 Å². The number of thiophene rings is 1. The Morgan fingerprint density at radius 1 is 1.03 bits per heavy atom. The summed E-state index contributed by atoms with van der Waals surface area (Å²) in [4.78, 5) is 30.3. The Kier molecular flexibility index (Phi) is 5.86. The molecule has 9 nitrogen and oxygen atoms in total. The number of amides is 2. The van der Waals surface area contributed by atoms with E-state index in [4.69, 9.17) is 15.2 Å². The number of methoxy groups -OCH3 is 2. The van der Waals surface area contributed by atoms with Crippen LogP contribution >= 0.6 is 11.3 Å². The molecule has 2 aromatic carbocycles. The Labute approximate surface area is 187 Å². The molecule has 0 fully saturated rings. The van der Waals surface area contributed by atoms with Crippen molar-refractivity contribution in [2.24, 2.45) is 5.73 Å². The van der Waals surface area contributed by atoms with E-state index in [-0.39, 0.29) is 17.1 Å². The van der Waals surface area contributed by atoms with Crippen LogP contribution in [0.1, 0.15) is 21.0 Å². The van der Waals surface area contributed by atoms with Gasteiger partial charge >= 0.3 is 0 Å². The average molecular weight is 449 g/mol. The second kappa shape index (κ2) is 8.90. The summed E-state index contributed by atoms with van der Waals surface area (Å²) < 4.78 is 12.1. The minimum Gasteiger partial charge on any atom is -0.493 e. The van der Waals surface area contributed by atoms with Gasteiger partial charge in [0.2, 0.25) is 5.82 Å². The first-order valence-corrected chi connectivity index (χ1v) is 10.3. The Balaban J connectivity index is 1.74. The third kappa shape index (κ3) is 4.03. The van der Waals surface area contributed by atoms with Gasteiger partial charge < -0.3 is 20.5 Å². The first kappa shape index (κ1) is 21.1. The number of ether oxygens (including phenoxy) is 2. The molecule has 10 heteroatoms. The average Bonchev–Trinajstić information content (AvgIpc) is 3.49. The van der Waals surface area contributed by atoms with Crippen LogP contribution in [0.15, 0.2) is 60.0 Å². The maximum Gasteiger partial charge on any atom is 0.295 e. The van der Waals surface area contributed by atoms with Crippen LogP contribution in [0.2, 0.25) is 0 Å². The molecule has 2 amide bonds. The highest BCUT2D eigenvalue weighted by molar-refractivity contribution is 7.13. The van der Waals surface area contributed by atoms with Gasteiger partial charge in [-0.05, 0) is 29.6 Å². The van der Waals surface area contributed by atoms with Gasteiger partial charge in [-0.15, -0.1) is 16.4 Å². The number of carbonyl (C=O) groups excluding carboxylic acids is 2. The lowest BCUT2D eigenvalue weighted by molar-refractivity contribution is 0.100. The molecule has 4 aromatic rings. The van der Waals surface area contributed by atoms with Gasteiger partial charge in [-0.3, -0.25) is 9.59 Å². The number of anilines is 1. The number of rotatable bonds is 7. The predicted molar refractivity (Wildman–Crippen MR) is 121 cm³/mol. The lowest BCUT2D eigenvalue weighted by Crippen LogP contribution is -2.19. The zero-order valence-corrected chi connectivity index (χ0v) is 18.1. The molecule has 0 spiro atoms. The van der Waals surface area contributed by atoms with Crippen molar-refractivity contribution < 1.29 is 19.1 Å². The molecule has 0 bridgehead atoms. The molecule has 0 aliphatic heterocycles. The molecule has 0 atom stereocenters. The van der Waals surface area contributed by atoms with Crippen molar-refractivity contribution in [1.82, 2.24) is 14.8 Å². The number of hydrogen-bond donors (Lipinski definition) is 2. The lowest BCUT2D eigenvalue weighted by Gasteiger charge is -2.13. The Morgan fingerprint density at radius 2 is 1.75 bits per heavy atom. The minimum atomic E-state index is -0.733. The molecule has 4 rings (SSSR count). The van der Waals surface area contributed by atoms with E-state index in [1.54, 1.807) is 4.68 Å². The highest BCUT2D eigenvalue weighted by Gasteiger charge is 2.22. The van der Waals surface area contributed by atoms with Gasteiger partial charge in [0.25, 0.3) is 11.8 Å². The molecular formula is C22H19N5O4S. The fourth-order valence-corrected chi connectivity index (χ4v) is 3.79. The standard InChI is InChI=1S/C22H19N5O4S/c1-30-16-11-14(19(23)28)15(12-17(16)31-2)24-22(29)20-25-21(18-9-6-10-32-18)27(26-20)13-7-4-3-5-8-13/h3-12H,1-2H3,(H2,23,28)(H,24,29). The fourth-order valence-electron chi connectivity index (χ4n) is 3.09. The number of benzene rings is 2. The van der Waals surface area contributed by atoms with Crippen molar-refractivity contribution >= 4 is 28.8 Å². The number of carbonyl (C=O) groups is 2. The summed E-state index contributed by atoms with van der Waals surface area (Å²) in [6.45, 7) is 0. The van der Waals surface area contributed by atoms with E-state index >= 15 is 0 Å². The Bertz CT molecular complexity index is 1270. The number of para-hydroxylation sites is 1. The normalized spacial score (nSPS) is 10.6. The van der Waals surface area contributed by atoms with E-state index < -0.39 is 11.8 Å². The number of aromatic nitrogens is 3. The van der Waals surface area contributed by atoms with Gasteiger partial charge in [-0.25, -0.2) is 9.67 Å². The summed E-state index contributed by atoms with van der Waals surface area (Å²) in [6, 6.07) is 16.0. The van der Waals surface area contributed by atoms with Crippen LogP contribution in [0.4, 0.5) is 5.69 Å². The SMILES string of the molecule is COc1cc(NC(=O)c2nc(-c3cccs3)n(-c3ccccc3)n2)c(C(N)=O)cc1OC. The van der Waals surface area contributed by atoms with Crippen LogP contribution in [0.3, 0.4) is 0 Å². The van der Waals surface area contributed by atoms with Gasteiger partial charge in [0.15, 0.2) is 17.3 Å². The second-order valence-electron chi connectivity index (χ2n) is 6.55. The number of primary amides is 1. The van der Waals surface area contributed by atoms with E-state index in [1.807, 2.05) is 47.8 Å². The molecule has 0 aliphatic rings. The molecule has 0 saturated carbocycles. The first-order valence-electron chi connectivity index (χ1n) is 9.45. The first-order chi connectivity index (χ1) is 15.5. The summed E-state index contributed by atoms with van der Waals surface area (Å²) in [7, 11) is 2.89. The Morgan fingerprint density at radius 3 is 2.38 bits per heavy atom. The van der Waals surface area contributed by atoms with Crippen molar-refractivity contribution in [3.05, 3.63) is 71.4 Å². The maximum atomic E-state index is 13.0. The summed E-state index contributed by atoms with van der Waals surface area (Å²) in [6.07, 6.45) is 0.